The molecule has 1 saturated heterocycles. The number of likely N-dealkylation sites (tertiary alicyclic amines) is 1. The van der Waals surface area contributed by atoms with Crippen LogP contribution in [0, 0.1) is 17.1 Å². The van der Waals surface area contributed by atoms with Gasteiger partial charge < -0.3 is 4.90 Å². The van der Waals surface area contributed by atoms with Crippen molar-refractivity contribution >= 4 is 21.8 Å². The predicted octanol–water partition coefficient (Wildman–Crippen LogP) is 3.11. The fourth-order valence-electron chi connectivity index (χ4n) is 2.15. The normalized spacial score (nSPS) is 19.4. The van der Waals surface area contributed by atoms with Gasteiger partial charge in [-0.3, -0.25) is 4.79 Å². The summed E-state index contributed by atoms with van der Waals surface area (Å²) in [6.45, 7) is 0.561. The minimum absolute atomic E-state index is 0.276. The fraction of sp³-hybridized carbons (Fsp3) is 0.385. The number of piperidine rings is 1. The Morgan fingerprint density at radius 3 is 2.89 bits per heavy atom. The fourth-order valence-corrected chi connectivity index (χ4v) is 2.62. The highest BCUT2D eigenvalue weighted by Crippen LogP contribution is 2.21. The van der Waals surface area contributed by atoms with Crippen LogP contribution in [-0.4, -0.2) is 23.4 Å². The van der Waals surface area contributed by atoms with Crippen molar-refractivity contribution in [1.29, 1.82) is 5.26 Å². The second kappa shape index (κ2) is 5.49. The Morgan fingerprint density at radius 2 is 2.22 bits per heavy atom. The molecule has 3 nitrogen and oxygen atoms in total. The van der Waals surface area contributed by atoms with E-state index in [0.717, 1.165) is 12.8 Å². The Bertz CT molecular complexity index is 492. The first kappa shape index (κ1) is 13.0. The van der Waals surface area contributed by atoms with E-state index in [9.17, 15) is 9.18 Å². The second-order valence-corrected chi connectivity index (χ2v) is 5.21. The smallest absolute Gasteiger partial charge is 0.255 e. The van der Waals surface area contributed by atoms with Gasteiger partial charge in [-0.15, -0.1) is 0 Å². The predicted molar refractivity (Wildman–Crippen MR) is 68.4 cm³/mol. The van der Waals surface area contributed by atoms with E-state index in [2.05, 4.69) is 22.0 Å². The third-order valence-corrected chi connectivity index (χ3v) is 3.48. The Morgan fingerprint density at radius 1 is 1.44 bits per heavy atom. The minimum atomic E-state index is -0.460. The maximum absolute atomic E-state index is 13.3. The lowest BCUT2D eigenvalue weighted by Gasteiger charge is -2.31. The molecule has 1 heterocycles. The number of hydrogen-bond acceptors (Lipinski definition) is 2. The molecule has 0 bridgehead atoms. The third-order valence-electron chi connectivity index (χ3n) is 3.02. The van der Waals surface area contributed by atoms with E-state index in [-0.39, 0.29) is 11.5 Å². The maximum atomic E-state index is 13.3. The molecule has 0 N–H and O–H groups in total. The van der Waals surface area contributed by atoms with Crippen molar-refractivity contribution in [3.63, 3.8) is 0 Å². The van der Waals surface area contributed by atoms with Gasteiger partial charge in [0, 0.05) is 16.6 Å². The summed E-state index contributed by atoms with van der Waals surface area (Å²) in [5.41, 5.74) is 0.282. The molecule has 0 aromatic heterocycles. The van der Waals surface area contributed by atoms with Crippen LogP contribution in [0.1, 0.15) is 29.6 Å². The largest absolute Gasteiger partial charge is 0.323 e. The highest BCUT2D eigenvalue weighted by molar-refractivity contribution is 9.10. The summed E-state index contributed by atoms with van der Waals surface area (Å²) in [5.74, 6) is -0.736. The van der Waals surface area contributed by atoms with Gasteiger partial charge in [-0.25, -0.2) is 4.39 Å². The van der Waals surface area contributed by atoms with Gasteiger partial charge in [0.2, 0.25) is 0 Å². The lowest BCUT2D eigenvalue weighted by molar-refractivity contribution is 0.0670. The van der Waals surface area contributed by atoms with E-state index in [1.54, 1.807) is 6.07 Å². The Kier molecular flexibility index (Phi) is 3.97. The molecule has 0 aliphatic carbocycles. The lowest BCUT2D eigenvalue weighted by Crippen LogP contribution is -2.42. The van der Waals surface area contributed by atoms with Crippen LogP contribution in [0.4, 0.5) is 4.39 Å². The number of rotatable bonds is 1. The highest BCUT2D eigenvalue weighted by Gasteiger charge is 2.27. The average Bonchev–Trinajstić information content (AvgIpc) is 2.36. The van der Waals surface area contributed by atoms with Crippen molar-refractivity contribution in [3.8, 4) is 6.07 Å². The zero-order chi connectivity index (χ0) is 13.1. The average molecular weight is 311 g/mol. The molecule has 1 aromatic carbocycles. The van der Waals surface area contributed by atoms with Gasteiger partial charge in [-0.2, -0.15) is 5.26 Å². The number of carbonyl (C=O) groups excluding carboxylic acids is 1. The van der Waals surface area contributed by atoms with Crippen LogP contribution in [0.15, 0.2) is 22.7 Å². The van der Waals surface area contributed by atoms with Crippen LogP contribution >= 0.6 is 15.9 Å². The number of amides is 1. The summed E-state index contributed by atoms with van der Waals surface area (Å²) in [7, 11) is 0. The minimum Gasteiger partial charge on any atom is -0.323 e. The number of nitriles is 1. The molecule has 1 aromatic rings. The standard InChI is InChI=1S/C13H12BrFN2O/c14-10-5-9(6-11(15)7-10)13(18)17-4-2-1-3-12(17)8-16/h5-7,12H,1-4H2. The molecule has 18 heavy (non-hydrogen) atoms. The van der Waals surface area contributed by atoms with Crippen molar-refractivity contribution in [2.24, 2.45) is 0 Å². The van der Waals surface area contributed by atoms with Gasteiger partial charge in [-0.05, 0) is 37.5 Å². The number of halogens is 2. The van der Waals surface area contributed by atoms with E-state index < -0.39 is 11.9 Å². The number of benzene rings is 1. The molecule has 0 spiro atoms. The molecule has 1 aliphatic rings. The molecule has 1 aliphatic heterocycles. The molecule has 1 atom stereocenters. The maximum Gasteiger partial charge on any atom is 0.255 e. The molecule has 1 unspecified atom stereocenters. The molecule has 5 heteroatoms. The van der Waals surface area contributed by atoms with Gasteiger partial charge in [0.15, 0.2) is 0 Å². The zero-order valence-electron chi connectivity index (χ0n) is 9.70. The quantitative estimate of drug-likeness (QED) is 0.800. The van der Waals surface area contributed by atoms with Crippen LogP contribution in [0.2, 0.25) is 0 Å². The molecular formula is C13H12BrFN2O. The molecular weight excluding hydrogens is 299 g/mol. The van der Waals surface area contributed by atoms with Crippen molar-refractivity contribution in [3.05, 3.63) is 34.1 Å². The summed E-state index contributed by atoms with van der Waals surface area (Å²) in [6, 6.07) is 5.82. The Hall–Kier alpha value is -1.41. The van der Waals surface area contributed by atoms with E-state index in [1.807, 2.05) is 0 Å². The van der Waals surface area contributed by atoms with E-state index in [0.29, 0.717) is 17.4 Å². The van der Waals surface area contributed by atoms with Crippen LogP contribution in [0.25, 0.3) is 0 Å². The third kappa shape index (κ3) is 2.70. The summed E-state index contributed by atoms with van der Waals surface area (Å²) < 4.78 is 13.8. The van der Waals surface area contributed by atoms with Crippen LogP contribution in [0.3, 0.4) is 0 Å². The highest BCUT2D eigenvalue weighted by atomic mass is 79.9. The second-order valence-electron chi connectivity index (χ2n) is 4.30. The molecule has 0 saturated carbocycles. The van der Waals surface area contributed by atoms with Gasteiger partial charge in [0.05, 0.1) is 6.07 Å². The van der Waals surface area contributed by atoms with E-state index in [4.69, 9.17) is 5.26 Å². The van der Waals surface area contributed by atoms with Gasteiger partial charge in [0.25, 0.3) is 5.91 Å². The number of carbonyl (C=O) groups is 1. The Balaban J connectivity index is 2.27. The SMILES string of the molecule is N#CC1CCCCN1C(=O)c1cc(F)cc(Br)c1. The molecule has 94 valence electrons. The van der Waals surface area contributed by atoms with Gasteiger partial charge in [0.1, 0.15) is 11.9 Å². The first-order chi connectivity index (χ1) is 8.61. The molecule has 1 amide bonds. The van der Waals surface area contributed by atoms with Gasteiger partial charge in [-0.1, -0.05) is 15.9 Å². The summed E-state index contributed by atoms with van der Waals surface area (Å²) in [5, 5.41) is 9.04. The van der Waals surface area contributed by atoms with Gasteiger partial charge >= 0.3 is 0 Å². The van der Waals surface area contributed by atoms with Crippen LogP contribution in [0.5, 0.6) is 0 Å². The lowest BCUT2D eigenvalue weighted by atomic mass is 10.0. The van der Waals surface area contributed by atoms with Crippen molar-refractivity contribution < 1.29 is 9.18 Å². The van der Waals surface area contributed by atoms with Crippen molar-refractivity contribution in [2.75, 3.05) is 6.54 Å². The summed E-state index contributed by atoms with van der Waals surface area (Å²) >= 11 is 3.16. The first-order valence-electron chi connectivity index (χ1n) is 5.78. The monoisotopic (exact) mass is 310 g/mol. The van der Waals surface area contributed by atoms with Crippen molar-refractivity contribution in [2.45, 2.75) is 25.3 Å². The number of nitrogens with zero attached hydrogens (tertiary/aromatic N) is 2. The summed E-state index contributed by atoms with van der Waals surface area (Å²) in [6.07, 6.45) is 2.54. The Labute approximate surface area is 113 Å². The molecule has 1 fully saturated rings. The first-order valence-corrected chi connectivity index (χ1v) is 6.58. The van der Waals surface area contributed by atoms with Crippen LogP contribution < -0.4 is 0 Å². The van der Waals surface area contributed by atoms with E-state index in [1.165, 1.54) is 17.0 Å². The summed E-state index contributed by atoms with van der Waals surface area (Å²) in [4.78, 5) is 13.8. The van der Waals surface area contributed by atoms with E-state index >= 15 is 0 Å². The van der Waals surface area contributed by atoms with Crippen LogP contribution in [-0.2, 0) is 0 Å². The molecule has 0 radical (unpaired) electrons. The molecule has 2 rings (SSSR count). The topological polar surface area (TPSA) is 44.1 Å². The zero-order valence-corrected chi connectivity index (χ0v) is 11.3. The number of hydrogen-bond donors (Lipinski definition) is 0. The van der Waals surface area contributed by atoms with Crippen molar-refractivity contribution in [1.82, 2.24) is 4.90 Å².